The lowest BCUT2D eigenvalue weighted by atomic mass is 10.1. The number of fused-ring (bicyclic) bond motifs is 1. The van der Waals surface area contributed by atoms with Gasteiger partial charge in [-0.15, -0.1) is 0 Å². The number of hydrogen-bond donors (Lipinski definition) is 2. The molecular weight excluding hydrogens is 360 g/mol. The molecule has 1 aromatic heterocycles. The molecule has 4 rings (SSSR count). The molecule has 5 nitrogen and oxygen atoms in total. The van der Waals surface area contributed by atoms with E-state index in [0.717, 1.165) is 5.56 Å². The van der Waals surface area contributed by atoms with Crippen LogP contribution in [0.2, 0.25) is 0 Å². The highest BCUT2D eigenvalue weighted by Gasteiger charge is 2.27. The first kappa shape index (κ1) is 16.9. The average Bonchev–Trinajstić information content (AvgIpc) is 3.01. The molecule has 0 radical (unpaired) electrons. The van der Waals surface area contributed by atoms with Crippen molar-refractivity contribution in [1.82, 2.24) is 14.9 Å². The number of rotatable bonds is 2. The summed E-state index contributed by atoms with van der Waals surface area (Å²) < 4.78 is 33.1. The second-order valence-electron chi connectivity index (χ2n) is 6.12. The molecule has 0 saturated carbocycles. The first-order valence-corrected chi connectivity index (χ1v) is 8.50. The lowest BCUT2D eigenvalue weighted by Crippen LogP contribution is -2.42. The Labute approximate surface area is 152 Å². The Hall–Kier alpha value is -2.58. The van der Waals surface area contributed by atoms with Gasteiger partial charge in [0, 0.05) is 6.54 Å². The zero-order valence-corrected chi connectivity index (χ0v) is 14.4. The summed E-state index contributed by atoms with van der Waals surface area (Å²) in [7, 11) is 0. The minimum atomic E-state index is -0.519. The second kappa shape index (κ2) is 6.62. The number of halogens is 2. The van der Waals surface area contributed by atoms with Crippen LogP contribution in [0.15, 0.2) is 36.4 Å². The molecule has 1 unspecified atom stereocenters. The number of aromatic nitrogens is 2. The molecule has 0 bridgehead atoms. The van der Waals surface area contributed by atoms with Crippen LogP contribution in [-0.4, -0.2) is 40.5 Å². The maximum absolute atomic E-state index is 13.9. The Morgan fingerprint density at radius 2 is 1.92 bits per heavy atom. The highest BCUT2D eigenvalue weighted by Crippen LogP contribution is 2.25. The van der Waals surface area contributed by atoms with Crippen LogP contribution in [0.1, 0.15) is 22.0 Å². The number of H-pyrrole nitrogens is 2. The fourth-order valence-corrected chi connectivity index (χ4v) is 3.37. The van der Waals surface area contributed by atoms with Crippen LogP contribution >= 0.6 is 12.2 Å². The minimum Gasteiger partial charge on any atom is -0.370 e. The van der Waals surface area contributed by atoms with Gasteiger partial charge >= 0.3 is 0 Å². The van der Waals surface area contributed by atoms with Crippen LogP contribution in [0, 0.1) is 16.4 Å². The Morgan fingerprint density at radius 3 is 2.69 bits per heavy atom. The molecule has 1 atom stereocenters. The van der Waals surface area contributed by atoms with Crippen molar-refractivity contribution < 1.29 is 18.3 Å². The van der Waals surface area contributed by atoms with E-state index in [1.165, 1.54) is 24.3 Å². The molecule has 0 spiro atoms. The quantitative estimate of drug-likeness (QED) is 0.671. The molecule has 1 saturated heterocycles. The smallest absolute Gasteiger partial charge is 0.256 e. The lowest BCUT2D eigenvalue weighted by Gasteiger charge is -2.33. The van der Waals surface area contributed by atoms with Crippen molar-refractivity contribution in [2.24, 2.45) is 0 Å². The van der Waals surface area contributed by atoms with Gasteiger partial charge in [0.2, 0.25) is 0 Å². The number of nitrogens with one attached hydrogen (secondary N) is 2. The maximum atomic E-state index is 13.9. The van der Waals surface area contributed by atoms with Crippen LogP contribution in [-0.2, 0) is 4.74 Å². The van der Waals surface area contributed by atoms with E-state index in [1.54, 1.807) is 17.0 Å². The minimum absolute atomic E-state index is 0.215. The Kier molecular flexibility index (Phi) is 4.29. The van der Waals surface area contributed by atoms with Gasteiger partial charge in [-0.2, -0.15) is 0 Å². The molecule has 2 N–H and O–H groups in total. The fraction of sp³-hybridized carbons (Fsp3) is 0.222. The predicted octanol–water partition coefficient (Wildman–Crippen LogP) is 3.72. The summed E-state index contributed by atoms with van der Waals surface area (Å²) in [6, 6.07) is 8.48. The van der Waals surface area contributed by atoms with Gasteiger partial charge in [0.1, 0.15) is 17.7 Å². The number of nitrogens with zero attached hydrogens (tertiary/aromatic N) is 1. The van der Waals surface area contributed by atoms with Gasteiger partial charge in [-0.1, -0.05) is 12.1 Å². The number of carbonyl (C=O) groups excluding carboxylic acids is 1. The number of carbonyl (C=O) groups is 1. The monoisotopic (exact) mass is 375 g/mol. The number of benzene rings is 2. The van der Waals surface area contributed by atoms with Gasteiger partial charge in [-0.05, 0) is 42.0 Å². The van der Waals surface area contributed by atoms with Gasteiger partial charge in [0.05, 0.1) is 29.7 Å². The molecule has 1 aliphatic heterocycles. The van der Waals surface area contributed by atoms with Crippen LogP contribution < -0.4 is 0 Å². The number of hydrogen-bond acceptors (Lipinski definition) is 3. The Bertz CT molecular complexity index is 1030. The number of aromatic amines is 2. The predicted molar refractivity (Wildman–Crippen MR) is 94.4 cm³/mol. The van der Waals surface area contributed by atoms with Crippen molar-refractivity contribution in [2.75, 3.05) is 19.7 Å². The molecule has 26 heavy (non-hydrogen) atoms. The maximum Gasteiger partial charge on any atom is 0.256 e. The summed E-state index contributed by atoms with van der Waals surface area (Å²) in [6.07, 6.45) is -0.359. The Morgan fingerprint density at radius 1 is 1.15 bits per heavy atom. The molecule has 134 valence electrons. The third kappa shape index (κ3) is 3.13. The van der Waals surface area contributed by atoms with E-state index in [-0.39, 0.29) is 23.4 Å². The number of imidazole rings is 1. The van der Waals surface area contributed by atoms with Crippen LogP contribution in [0.25, 0.3) is 11.0 Å². The first-order chi connectivity index (χ1) is 12.5. The first-order valence-electron chi connectivity index (χ1n) is 8.09. The summed E-state index contributed by atoms with van der Waals surface area (Å²) in [5, 5.41) is 0. The molecule has 1 amide bonds. The standard InChI is InChI=1S/C18H15F2N3O2S/c19-11-3-1-10(2-4-11)15-9-23(5-6-25-15)17(24)13-7-12(20)8-14-16(13)22-18(26)21-14/h1-4,7-8,15H,5-6,9H2,(H2,21,22,26). The van der Waals surface area contributed by atoms with E-state index in [0.29, 0.717) is 35.5 Å². The van der Waals surface area contributed by atoms with Gasteiger partial charge in [0.15, 0.2) is 4.77 Å². The molecule has 1 fully saturated rings. The Balaban J connectivity index is 1.64. The molecule has 3 aromatic rings. The van der Waals surface area contributed by atoms with Crippen LogP contribution in [0.4, 0.5) is 8.78 Å². The SMILES string of the molecule is O=C(c1cc(F)cc2[nH]c(=S)[nH]c12)N1CCOC(c2ccc(F)cc2)C1. The summed E-state index contributed by atoms with van der Waals surface area (Å²) in [6.45, 7) is 1.03. The average molecular weight is 375 g/mol. The van der Waals surface area contributed by atoms with Crippen LogP contribution in [0.5, 0.6) is 0 Å². The van der Waals surface area contributed by atoms with Crippen molar-refractivity contribution in [1.29, 1.82) is 0 Å². The second-order valence-corrected chi connectivity index (χ2v) is 6.53. The third-order valence-electron chi connectivity index (χ3n) is 4.42. The van der Waals surface area contributed by atoms with Crippen molar-refractivity contribution in [2.45, 2.75) is 6.10 Å². The van der Waals surface area contributed by atoms with Crippen molar-refractivity contribution >= 4 is 29.2 Å². The van der Waals surface area contributed by atoms with Gasteiger partial charge < -0.3 is 19.6 Å². The van der Waals surface area contributed by atoms with E-state index >= 15 is 0 Å². The van der Waals surface area contributed by atoms with E-state index < -0.39 is 5.82 Å². The van der Waals surface area contributed by atoms with E-state index in [4.69, 9.17) is 17.0 Å². The summed E-state index contributed by atoms with van der Waals surface area (Å²) in [4.78, 5) is 20.3. The summed E-state index contributed by atoms with van der Waals surface area (Å²) >= 11 is 5.04. The van der Waals surface area contributed by atoms with E-state index in [9.17, 15) is 13.6 Å². The van der Waals surface area contributed by atoms with Gasteiger partial charge in [-0.3, -0.25) is 4.79 Å². The van der Waals surface area contributed by atoms with E-state index in [2.05, 4.69) is 9.97 Å². The van der Waals surface area contributed by atoms with Gasteiger partial charge in [-0.25, -0.2) is 8.78 Å². The molecule has 8 heteroatoms. The van der Waals surface area contributed by atoms with Crippen LogP contribution in [0.3, 0.4) is 0 Å². The third-order valence-corrected chi connectivity index (χ3v) is 4.62. The van der Waals surface area contributed by atoms with Crippen molar-refractivity contribution in [3.63, 3.8) is 0 Å². The number of ether oxygens (including phenoxy) is 1. The highest BCUT2D eigenvalue weighted by atomic mass is 32.1. The lowest BCUT2D eigenvalue weighted by molar-refractivity contribution is -0.0228. The molecule has 0 aliphatic carbocycles. The van der Waals surface area contributed by atoms with Crippen molar-refractivity contribution in [3.05, 3.63) is 63.9 Å². The van der Waals surface area contributed by atoms with Gasteiger partial charge in [0.25, 0.3) is 5.91 Å². The topological polar surface area (TPSA) is 61.1 Å². The fourth-order valence-electron chi connectivity index (χ4n) is 3.16. The summed E-state index contributed by atoms with van der Waals surface area (Å²) in [5.41, 5.74) is 1.93. The zero-order chi connectivity index (χ0) is 18.3. The molecular formula is C18H15F2N3O2S. The molecule has 2 aromatic carbocycles. The zero-order valence-electron chi connectivity index (χ0n) is 13.6. The van der Waals surface area contributed by atoms with E-state index in [1.807, 2.05) is 0 Å². The molecule has 2 heterocycles. The summed E-state index contributed by atoms with van der Waals surface area (Å²) in [5.74, 6) is -1.16. The highest BCUT2D eigenvalue weighted by molar-refractivity contribution is 7.71. The van der Waals surface area contributed by atoms with Crippen molar-refractivity contribution in [3.8, 4) is 0 Å². The largest absolute Gasteiger partial charge is 0.370 e. The number of morpholine rings is 1. The number of amides is 1. The molecule has 1 aliphatic rings. The normalized spacial score (nSPS) is 17.6.